The number of rotatable bonds is 1. The lowest BCUT2D eigenvalue weighted by Crippen LogP contribution is -2.49. The van der Waals surface area contributed by atoms with Crippen molar-refractivity contribution in [2.24, 2.45) is 0 Å². The van der Waals surface area contributed by atoms with Gasteiger partial charge in [-0.3, -0.25) is 0 Å². The molecule has 0 radical (unpaired) electrons. The minimum atomic E-state index is -1.84. The van der Waals surface area contributed by atoms with E-state index in [2.05, 4.69) is 19.2 Å². The number of ether oxygens (including phenoxy) is 1. The van der Waals surface area contributed by atoms with Crippen molar-refractivity contribution in [3.05, 3.63) is 42.2 Å². The van der Waals surface area contributed by atoms with Crippen molar-refractivity contribution in [3.8, 4) is 16.9 Å². The van der Waals surface area contributed by atoms with E-state index < -0.39 is 8.07 Å². The van der Waals surface area contributed by atoms with Crippen LogP contribution >= 0.6 is 0 Å². The van der Waals surface area contributed by atoms with Crippen LogP contribution in [0.3, 0.4) is 0 Å². The molecular weight excluding hydrogens is 243 g/mol. The lowest BCUT2D eigenvalue weighted by Gasteiger charge is -2.20. The zero-order valence-electron chi connectivity index (χ0n) is 10.8. The van der Waals surface area contributed by atoms with E-state index in [1.165, 1.54) is 27.6 Å². The quantitative estimate of drug-likeness (QED) is 0.715. The molecule has 0 aliphatic carbocycles. The van der Waals surface area contributed by atoms with Crippen molar-refractivity contribution in [2.75, 3.05) is 7.11 Å². The fourth-order valence-electron chi connectivity index (χ4n) is 2.97. The molecule has 1 heterocycles. The van der Waals surface area contributed by atoms with Crippen LogP contribution in [-0.2, 0) is 0 Å². The first-order valence-corrected chi connectivity index (χ1v) is 9.03. The average Bonchev–Trinajstić information content (AvgIpc) is 2.59. The predicted octanol–water partition coefficient (Wildman–Crippen LogP) is 2.64. The fourth-order valence-corrected chi connectivity index (χ4v) is 6.33. The van der Waals surface area contributed by atoms with Gasteiger partial charge in [-0.15, -0.1) is 0 Å². The van der Waals surface area contributed by atoms with Crippen LogP contribution in [0.25, 0.3) is 11.1 Å². The van der Waals surface area contributed by atoms with E-state index in [9.17, 15) is 4.39 Å². The molecule has 0 amide bonds. The van der Waals surface area contributed by atoms with Crippen molar-refractivity contribution < 1.29 is 9.13 Å². The molecule has 0 atom stereocenters. The van der Waals surface area contributed by atoms with Gasteiger partial charge >= 0.3 is 0 Å². The normalized spacial score (nSPS) is 15.1. The zero-order chi connectivity index (χ0) is 12.9. The highest BCUT2D eigenvalue weighted by molar-refractivity contribution is 7.04. The summed E-state index contributed by atoms with van der Waals surface area (Å²) in [5, 5.41) is 2.45. The van der Waals surface area contributed by atoms with Crippen LogP contribution in [0, 0.1) is 5.82 Å². The van der Waals surface area contributed by atoms with Gasteiger partial charge in [0.25, 0.3) is 0 Å². The standard InChI is InChI=1S/C15H15FOSi/c1-17-13-6-4-5-12-11-8-7-10(16)9-14(11)18(2,3)15(12)13/h4-9H,1-3H3. The van der Waals surface area contributed by atoms with E-state index >= 15 is 0 Å². The second kappa shape index (κ2) is 3.69. The number of benzene rings is 2. The van der Waals surface area contributed by atoms with Gasteiger partial charge in [-0.05, 0) is 39.7 Å². The molecule has 0 bridgehead atoms. The van der Waals surface area contributed by atoms with Crippen molar-refractivity contribution in [1.82, 2.24) is 0 Å². The summed E-state index contributed by atoms with van der Waals surface area (Å²) in [6, 6.07) is 11.2. The summed E-state index contributed by atoms with van der Waals surface area (Å²) in [5.41, 5.74) is 2.38. The number of halogens is 1. The first kappa shape index (κ1) is 11.5. The second-order valence-electron chi connectivity index (χ2n) is 5.20. The molecule has 3 heteroatoms. The van der Waals surface area contributed by atoms with Crippen LogP contribution in [0.4, 0.5) is 4.39 Å². The number of hydrogen-bond acceptors (Lipinski definition) is 1. The maximum Gasteiger partial charge on any atom is 0.123 e. The molecule has 1 nitrogen and oxygen atoms in total. The second-order valence-corrected chi connectivity index (χ2v) is 9.49. The summed E-state index contributed by atoms with van der Waals surface area (Å²) < 4.78 is 19.0. The molecule has 3 rings (SSSR count). The SMILES string of the molecule is COc1cccc2c1[Si](C)(C)c1cc(F)ccc1-2. The number of methoxy groups -OCH3 is 1. The van der Waals surface area contributed by atoms with Gasteiger partial charge in [-0.25, -0.2) is 4.39 Å². The van der Waals surface area contributed by atoms with E-state index in [0.717, 1.165) is 5.75 Å². The van der Waals surface area contributed by atoms with E-state index in [4.69, 9.17) is 4.74 Å². The molecule has 1 aliphatic heterocycles. The van der Waals surface area contributed by atoms with Crippen molar-refractivity contribution in [1.29, 1.82) is 0 Å². The predicted molar refractivity (Wildman–Crippen MR) is 75.1 cm³/mol. The van der Waals surface area contributed by atoms with Crippen molar-refractivity contribution >= 4 is 18.4 Å². The zero-order valence-corrected chi connectivity index (χ0v) is 11.8. The highest BCUT2D eigenvalue weighted by Gasteiger charge is 2.39. The van der Waals surface area contributed by atoms with E-state index in [1.807, 2.05) is 18.2 Å². The molecule has 0 spiro atoms. The van der Waals surface area contributed by atoms with Gasteiger partial charge in [0.1, 0.15) is 19.6 Å². The Balaban J connectivity index is 2.38. The third kappa shape index (κ3) is 1.37. The molecule has 0 saturated carbocycles. The van der Waals surface area contributed by atoms with Crippen molar-refractivity contribution in [3.63, 3.8) is 0 Å². The molecular formula is C15H15FOSi. The first-order chi connectivity index (χ1) is 8.55. The third-order valence-corrected chi connectivity index (χ3v) is 7.34. The summed E-state index contributed by atoms with van der Waals surface area (Å²) in [6.45, 7) is 4.50. The van der Waals surface area contributed by atoms with Crippen LogP contribution < -0.4 is 15.1 Å². The highest BCUT2D eigenvalue weighted by atomic mass is 28.3. The Morgan fingerprint density at radius 2 is 1.83 bits per heavy atom. The highest BCUT2D eigenvalue weighted by Crippen LogP contribution is 2.32. The maximum atomic E-state index is 13.5. The van der Waals surface area contributed by atoms with E-state index in [0.29, 0.717) is 0 Å². The summed E-state index contributed by atoms with van der Waals surface area (Å²) in [6.07, 6.45) is 0. The molecule has 18 heavy (non-hydrogen) atoms. The summed E-state index contributed by atoms with van der Waals surface area (Å²) >= 11 is 0. The minimum absolute atomic E-state index is 0.152. The summed E-state index contributed by atoms with van der Waals surface area (Å²) in [5.74, 6) is 0.780. The summed E-state index contributed by atoms with van der Waals surface area (Å²) in [7, 11) is -0.145. The maximum absolute atomic E-state index is 13.5. The van der Waals surface area contributed by atoms with Gasteiger partial charge in [0.2, 0.25) is 0 Å². The van der Waals surface area contributed by atoms with Crippen LogP contribution in [-0.4, -0.2) is 15.2 Å². The smallest absolute Gasteiger partial charge is 0.123 e. The minimum Gasteiger partial charge on any atom is -0.497 e. The van der Waals surface area contributed by atoms with Crippen LogP contribution in [0.1, 0.15) is 0 Å². The van der Waals surface area contributed by atoms with Gasteiger partial charge in [0.05, 0.1) is 7.11 Å². The van der Waals surface area contributed by atoms with Gasteiger partial charge in [-0.1, -0.05) is 31.3 Å². The lowest BCUT2D eigenvalue weighted by atomic mass is 10.1. The Morgan fingerprint density at radius 1 is 1.06 bits per heavy atom. The Labute approximate surface area is 107 Å². The number of hydrogen-bond donors (Lipinski definition) is 0. The summed E-state index contributed by atoms with van der Waals surface area (Å²) in [4.78, 5) is 0. The molecule has 2 aromatic carbocycles. The molecule has 0 aromatic heterocycles. The Kier molecular flexibility index (Phi) is 2.35. The first-order valence-electron chi connectivity index (χ1n) is 6.03. The Bertz CT molecular complexity index is 634. The monoisotopic (exact) mass is 258 g/mol. The topological polar surface area (TPSA) is 9.23 Å². The molecule has 0 unspecified atom stereocenters. The fraction of sp³-hybridized carbons (Fsp3) is 0.200. The molecule has 92 valence electrons. The molecule has 1 aliphatic rings. The lowest BCUT2D eigenvalue weighted by molar-refractivity contribution is 0.418. The largest absolute Gasteiger partial charge is 0.497 e. The molecule has 0 N–H and O–H groups in total. The van der Waals surface area contributed by atoms with E-state index in [1.54, 1.807) is 13.2 Å². The molecule has 0 fully saturated rings. The third-order valence-electron chi connectivity index (χ3n) is 3.82. The Morgan fingerprint density at radius 3 is 2.56 bits per heavy atom. The number of fused-ring (bicyclic) bond motifs is 3. The van der Waals surface area contributed by atoms with Crippen LogP contribution in [0.2, 0.25) is 13.1 Å². The van der Waals surface area contributed by atoms with Crippen LogP contribution in [0.5, 0.6) is 5.75 Å². The van der Waals surface area contributed by atoms with Crippen LogP contribution in [0.15, 0.2) is 36.4 Å². The van der Waals surface area contributed by atoms with E-state index in [-0.39, 0.29) is 5.82 Å². The Hall–Kier alpha value is -1.61. The molecule has 2 aromatic rings. The van der Waals surface area contributed by atoms with Gasteiger partial charge in [0, 0.05) is 0 Å². The molecule has 0 saturated heterocycles. The van der Waals surface area contributed by atoms with Gasteiger partial charge < -0.3 is 4.74 Å². The average molecular weight is 258 g/mol. The van der Waals surface area contributed by atoms with Gasteiger partial charge in [-0.2, -0.15) is 0 Å². The van der Waals surface area contributed by atoms with Crippen molar-refractivity contribution in [2.45, 2.75) is 13.1 Å². The van der Waals surface area contributed by atoms with Gasteiger partial charge in [0.15, 0.2) is 0 Å².